The van der Waals surface area contributed by atoms with Crippen molar-refractivity contribution in [1.82, 2.24) is 9.78 Å². The lowest BCUT2D eigenvalue weighted by molar-refractivity contribution is 0.0804. The highest BCUT2D eigenvalue weighted by Crippen LogP contribution is 2.36. The molecule has 0 bridgehead atoms. The summed E-state index contributed by atoms with van der Waals surface area (Å²) in [5.74, 6) is 1.22. The van der Waals surface area contributed by atoms with Gasteiger partial charge in [-0.3, -0.25) is 9.48 Å². The minimum Gasteiger partial charge on any atom is -0.480 e. The Morgan fingerprint density at radius 2 is 2.35 bits per heavy atom. The summed E-state index contributed by atoms with van der Waals surface area (Å²) >= 11 is 7.69. The number of nitrogens with zero attached hydrogens (tertiary/aromatic N) is 2. The lowest BCUT2D eigenvalue weighted by Gasteiger charge is -2.24. The maximum atomic E-state index is 12.6. The molecule has 0 spiro atoms. The van der Waals surface area contributed by atoms with Crippen molar-refractivity contribution in [2.45, 2.75) is 24.5 Å². The predicted octanol–water partition coefficient (Wildman–Crippen LogP) is 3.29. The van der Waals surface area contributed by atoms with E-state index in [1.807, 2.05) is 31.2 Å². The van der Waals surface area contributed by atoms with Crippen molar-refractivity contribution in [3.05, 3.63) is 41.2 Å². The van der Waals surface area contributed by atoms with Gasteiger partial charge < -0.3 is 4.74 Å². The summed E-state index contributed by atoms with van der Waals surface area (Å²) in [6.07, 6.45) is 0.983. The maximum Gasteiger partial charge on any atom is 0.223 e. The molecule has 104 valence electrons. The van der Waals surface area contributed by atoms with Gasteiger partial charge in [-0.05, 0) is 19.1 Å². The highest BCUT2D eigenvalue weighted by atomic mass is 35.5. The number of rotatable bonds is 3. The molecule has 0 saturated heterocycles. The van der Waals surface area contributed by atoms with Crippen LogP contribution in [0.1, 0.15) is 17.4 Å². The van der Waals surface area contributed by atoms with Gasteiger partial charge in [0.15, 0.2) is 6.10 Å². The van der Waals surface area contributed by atoms with Crippen LogP contribution in [0.15, 0.2) is 35.4 Å². The van der Waals surface area contributed by atoms with E-state index >= 15 is 0 Å². The fourth-order valence-electron chi connectivity index (χ4n) is 2.15. The highest BCUT2D eigenvalue weighted by Gasteiger charge is 2.31. The number of para-hydroxylation sites is 1. The van der Waals surface area contributed by atoms with Crippen LogP contribution in [0.4, 0.5) is 0 Å². The summed E-state index contributed by atoms with van der Waals surface area (Å²) in [4.78, 5) is 13.6. The monoisotopic (exact) mass is 308 g/mol. The van der Waals surface area contributed by atoms with Crippen LogP contribution in [0.2, 0.25) is 5.02 Å². The first-order chi connectivity index (χ1) is 9.70. The first-order valence-electron chi connectivity index (χ1n) is 6.34. The van der Waals surface area contributed by atoms with Gasteiger partial charge in [0, 0.05) is 17.2 Å². The molecule has 1 aromatic carbocycles. The SMILES string of the molecule is CCn1ncc(Cl)c1C(=O)C1CSc2ccccc2O1. The van der Waals surface area contributed by atoms with Crippen molar-refractivity contribution in [2.75, 3.05) is 5.75 Å². The first-order valence-corrected chi connectivity index (χ1v) is 7.71. The van der Waals surface area contributed by atoms with Crippen molar-refractivity contribution >= 4 is 29.1 Å². The van der Waals surface area contributed by atoms with Gasteiger partial charge in [0.05, 0.1) is 11.2 Å². The van der Waals surface area contributed by atoms with E-state index in [2.05, 4.69) is 5.10 Å². The molecule has 0 radical (unpaired) electrons. The molecule has 4 nitrogen and oxygen atoms in total. The van der Waals surface area contributed by atoms with E-state index in [1.165, 1.54) is 6.20 Å². The number of carbonyl (C=O) groups is 1. The maximum absolute atomic E-state index is 12.6. The van der Waals surface area contributed by atoms with E-state index < -0.39 is 6.10 Å². The highest BCUT2D eigenvalue weighted by molar-refractivity contribution is 7.99. The molecule has 1 aliphatic rings. The quantitative estimate of drug-likeness (QED) is 0.816. The first kappa shape index (κ1) is 13.5. The molecular weight excluding hydrogens is 296 g/mol. The minimum absolute atomic E-state index is 0.114. The fraction of sp³-hybridized carbons (Fsp3) is 0.286. The molecule has 2 heterocycles. The Morgan fingerprint density at radius 1 is 1.55 bits per heavy atom. The number of benzene rings is 1. The van der Waals surface area contributed by atoms with Crippen molar-refractivity contribution in [2.24, 2.45) is 0 Å². The van der Waals surface area contributed by atoms with Gasteiger partial charge in [0.2, 0.25) is 5.78 Å². The van der Waals surface area contributed by atoms with Crippen LogP contribution in [0, 0.1) is 0 Å². The van der Waals surface area contributed by atoms with Crippen molar-refractivity contribution < 1.29 is 9.53 Å². The van der Waals surface area contributed by atoms with Crippen LogP contribution >= 0.6 is 23.4 Å². The molecule has 0 N–H and O–H groups in total. The van der Waals surface area contributed by atoms with E-state index in [0.29, 0.717) is 23.0 Å². The number of thioether (sulfide) groups is 1. The number of fused-ring (bicyclic) bond motifs is 1. The summed E-state index contributed by atoms with van der Waals surface area (Å²) in [5.41, 5.74) is 0.430. The molecule has 2 aromatic rings. The van der Waals surface area contributed by atoms with E-state index in [-0.39, 0.29) is 5.78 Å². The molecule has 1 atom stereocenters. The zero-order valence-corrected chi connectivity index (χ0v) is 12.4. The van der Waals surface area contributed by atoms with Gasteiger partial charge in [0.1, 0.15) is 11.4 Å². The molecule has 3 rings (SSSR count). The number of aromatic nitrogens is 2. The van der Waals surface area contributed by atoms with Crippen LogP contribution in [0.3, 0.4) is 0 Å². The van der Waals surface area contributed by atoms with Crippen molar-refractivity contribution in [3.63, 3.8) is 0 Å². The summed E-state index contributed by atoms with van der Waals surface area (Å²) in [5, 5.41) is 4.47. The predicted molar refractivity (Wildman–Crippen MR) is 78.8 cm³/mol. The van der Waals surface area contributed by atoms with Crippen LogP contribution in [0.5, 0.6) is 5.75 Å². The number of halogens is 1. The summed E-state index contributed by atoms with van der Waals surface area (Å²) in [6, 6.07) is 7.72. The van der Waals surface area contributed by atoms with Crippen LogP contribution in [-0.2, 0) is 6.54 Å². The molecule has 0 aliphatic carbocycles. The molecular formula is C14H13ClN2O2S. The Bertz CT molecular complexity index is 656. The number of ketones is 1. The lowest BCUT2D eigenvalue weighted by Crippen LogP contribution is -2.34. The Hall–Kier alpha value is -1.46. The second-order valence-electron chi connectivity index (χ2n) is 4.39. The smallest absolute Gasteiger partial charge is 0.223 e. The van der Waals surface area contributed by atoms with Crippen LogP contribution in [0.25, 0.3) is 0 Å². The van der Waals surface area contributed by atoms with Gasteiger partial charge in [-0.1, -0.05) is 23.7 Å². The molecule has 20 heavy (non-hydrogen) atoms. The Morgan fingerprint density at radius 3 is 3.15 bits per heavy atom. The summed E-state index contributed by atoms with van der Waals surface area (Å²) < 4.78 is 7.41. The fourth-order valence-corrected chi connectivity index (χ4v) is 3.37. The van der Waals surface area contributed by atoms with Gasteiger partial charge in [0.25, 0.3) is 0 Å². The Balaban J connectivity index is 1.88. The third-order valence-electron chi connectivity index (χ3n) is 3.13. The Kier molecular flexibility index (Phi) is 3.72. The third-order valence-corrected chi connectivity index (χ3v) is 4.52. The van der Waals surface area contributed by atoms with E-state index in [0.717, 1.165) is 10.6 Å². The molecule has 0 amide bonds. The third kappa shape index (κ3) is 2.31. The number of carbonyl (C=O) groups excluding carboxylic acids is 1. The lowest BCUT2D eigenvalue weighted by atomic mass is 10.2. The van der Waals surface area contributed by atoms with Crippen LogP contribution in [-0.4, -0.2) is 27.4 Å². The molecule has 1 unspecified atom stereocenters. The van der Waals surface area contributed by atoms with E-state index in [9.17, 15) is 4.79 Å². The van der Waals surface area contributed by atoms with Crippen molar-refractivity contribution in [1.29, 1.82) is 0 Å². The molecule has 1 aliphatic heterocycles. The molecule has 1 aromatic heterocycles. The second kappa shape index (κ2) is 5.50. The zero-order valence-electron chi connectivity index (χ0n) is 10.9. The van der Waals surface area contributed by atoms with Gasteiger partial charge in [-0.25, -0.2) is 0 Å². The normalized spacial score (nSPS) is 17.4. The van der Waals surface area contributed by atoms with Gasteiger partial charge in [-0.2, -0.15) is 5.10 Å². The van der Waals surface area contributed by atoms with Crippen molar-refractivity contribution in [3.8, 4) is 5.75 Å². The number of ether oxygens (including phenoxy) is 1. The van der Waals surface area contributed by atoms with E-state index in [1.54, 1.807) is 16.4 Å². The van der Waals surface area contributed by atoms with Crippen LogP contribution < -0.4 is 4.74 Å². The molecule has 0 fully saturated rings. The van der Waals surface area contributed by atoms with Gasteiger partial charge >= 0.3 is 0 Å². The average Bonchev–Trinajstić information content (AvgIpc) is 2.87. The minimum atomic E-state index is -0.519. The second-order valence-corrected chi connectivity index (χ2v) is 5.85. The standard InChI is InChI=1S/C14H13ClN2O2S/c1-2-17-13(9(15)7-16-17)14(18)11-8-20-12-6-4-3-5-10(12)19-11/h3-7,11H,2,8H2,1H3. The topological polar surface area (TPSA) is 44.1 Å². The Labute approximate surface area is 126 Å². The average molecular weight is 309 g/mol. The number of Topliss-reactive ketones (excluding diaryl/α,β-unsaturated/α-hetero) is 1. The number of hydrogen-bond donors (Lipinski definition) is 0. The number of aryl methyl sites for hydroxylation is 1. The largest absolute Gasteiger partial charge is 0.480 e. The molecule has 0 saturated carbocycles. The molecule has 6 heteroatoms. The zero-order chi connectivity index (χ0) is 14.1. The van der Waals surface area contributed by atoms with E-state index in [4.69, 9.17) is 16.3 Å². The summed E-state index contributed by atoms with van der Waals surface area (Å²) in [6.45, 7) is 2.52. The summed E-state index contributed by atoms with van der Waals surface area (Å²) in [7, 11) is 0. The van der Waals surface area contributed by atoms with Gasteiger partial charge in [-0.15, -0.1) is 11.8 Å². The number of hydrogen-bond acceptors (Lipinski definition) is 4.